The van der Waals surface area contributed by atoms with E-state index in [1.807, 2.05) is 0 Å². The summed E-state index contributed by atoms with van der Waals surface area (Å²) in [5.74, 6) is 0.193. The van der Waals surface area contributed by atoms with E-state index in [0.29, 0.717) is 15.8 Å². The summed E-state index contributed by atoms with van der Waals surface area (Å²) in [4.78, 5) is 11.9. The number of amides is 1. The van der Waals surface area contributed by atoms with Gasteiger partial charge in [0.15, 0.2) is 0 Å². The van der Waals surface area contributed by atoms with Gasteiger partial charge < -0.3 is 10.1 Å². The number of alkyl halides is 3. The van der Waals surface area contributed by atoms with Crippen molar-refractivity contribution in [2.24, 2.45) is 0 Å². The molecule has 7 heteroatoms. The average molecular weight is 354 g/mol. The van der Waals surface area contributed by atoms with Crippen molar-refractivity contribution in [2.45, 2.75) is 25.4 Å². The van der Waals surface area contributed by atoms with Crippen LogP contribution in [0.3, 0.4) is 0 Å². The van der Waals surface area contributed by atoms with E-state index in [0.717, 1.165) is 0 Å². The van der Waals surface area contributed by atoms with Crippen LogP contribution >= 0.6 is 15.9 Å². The van der Waals surface area contributed by atoms with Crippen molar-refractivity contribution in [3.8, 4) is 5.75 Å². The molecule has 1 rings (SSSR count). The number of methoxy groups -OCH3 is 1. The van der Waals surface area contributed by atoms with E-state index >= 15 is 0 Å². The first kappa shape index (κ1) is 16.8. The van der Waals surface area contributed by atoms with E-state index in [1.54, 1.807) is 18.2 Å². The van der Waals surface area contributed by atoms with Crippen LogP contribution in [0.1, 0.15) is 29.6 Å². The lowest BCUT2D eigenvalue weighted by atomic mass is 10.2. The molecule has 3 nitrogen and oxygen atoms in total. The number of rotatable bonds is 6. The molecule has 0 heterocycles. The fraction of sp³-hybridized carbons (Fsp3) is 0.462. The Hall–Kier alpha value is -1.24. The molecule has 112 valence electrons. The second-order valence-electron chi connectivity index (χ2n) is 4.17. The van der Waals surface area contributed by atoms with Crippen molar-refractivity contribution >= 4 is 21.8 Å². The van der Waals surface area contributed by atoms with E-state index in [2.05, 4.69) is 21.2 Å². The van der Waals surface area contributed by atoms with Crippen LogP contribution in [0.4, 0.5) is 13.2 Å². The molecule has 0 saturated carbocycles. The second-order valence-corrected chi connectivity index (χ2v) is 5.03. The Labute approximate surface area is 123 Å². The monoisotopic (exact) mass is 353 g/mol. The minimum absolute atomic E-state index is 0.00304. The van der Waals surface area contributed by atoms with Gasteiger partial charge in [-0.25, -0.2) is 0 Å². The van der Waals surface area contributed by atoms with Gasteiger partial charge in [-0.2, -0.15) is 13.2 Å². The van der Waals surface area contributed by atoms with Gasteiger partial charge in [-0.05, 0) is 47.0 Å². The predicted molar refractivity (Wildman–Crippen MR) is 72.9 cm³/mol. The first-order chi connectivity index (χ1) is 9.33. The number of benzene rings is 1. The first-order valence-corrected chi connectivity index (χ1v) is 6.81. The quantitative estimate of drug-likeness (QED) is 0.787. The van der Waals surface area contributed by atoms with E-state index in [-0.39, 0.29) is 25.3 Å². The fourth-order valence-corrected chi connectivity index (χ4v) is 1.98. The Bertz CT molecular complexity index is 463. The summed E-state index contributed by atoms with van der Waals surface area (Å²) in [5.41, 5.74) is 0.389. The minimum Gasteiger partial charge on any atom is -0.497 e. The largest absolute Gasteiger partial charge is 0.497 e. The Morgan fingerprint density at radius 2 is 2.05 bits per heavy atom. The molecule has 1 aromatic rings. The highest BCUT2D eigenvalue weighted by atomic mass is 79.9. The van der Waals surface area contributed by atoms with Gasteiger partial charge in [-0.1, -0.05) is 0 Å². The van der Waals surface area contributed by atoms with Gasteiger partial charge in [-0.3, -0.25) is 4.79 Å². The highest BCUT2D eigenvalue weighted by Gasteiger charge is 2.25. The smallest absolute Gasteiger partial charge is 0.389 e. The van der Waals surface area contributed by atoms with Gasteiger partial charge in [0.05, 0.1) is 12.7 Å². The second kappa shape index (κ2) is 7.52. The van der Waals surface area contributed by atoms with E-state index in [1.165, 1.54) is 7.11 Å². The van der Waals surface area contributed by atoms with Crippen molar-refractivity contribution in [3.05, 3.63) is 28.2 Å². The summed E-state index contributed by atoms with van der Waals surface area (Å²) in [6.45, 7) is 0.207. The van der Waals surface area contributed by atoms with Crippen LogP contribution in [0.5, 0.6) is 5.75 Å². The normalized spacial score (nSPS) is 11.2. The maximum absolute atomic E-state index is 11.9. The lowest BCUT2D eigenvalue weighted by Gasteiger charge is -2.09. The lowest BCUT2D eigenvalue weighted by Crippen LogP contribution is -2.25. The molecule has 0 saturated heterocycles. The maximum atomic E-state index is 11.9. The van der Waals surface area contributed by atoms with Crippen molar-refractivity contribution in [3.63, 3.8) is 0 Å². The average Bonchev–Trinajstić information content (AvgIpc) is 2.37. The van der Waals surface area contributed by atoms with Crippen LogP contribution in [0.15, 0.2) is 22.7 Å². The van der Waals surface area contributed by atoms with Gasteiger partial charge in [0.25, 0.3) is 5.91 Å². The summed E-state index contributed by atoms with van der Waals surface area (Å²) in [6.07, 6.45) is -4.68. The Kier molecular flexibility index (Phi) is 6.32. The number of carbonyl (C=O) groups excluding carboxylic acids is 1. The number of ether oxygens (including phenoxy) is 1. The number of hydrogen-bond acceptors (Lipinski definition) is 2. The van der Waals surface area contributed by atoms with Gasteiger partial charge in [-0.15, -0.1) is 0 Å². The van der Waals surface area contributed by atoms with Crippen LogP contribution in [0.2, 0.25) is 0 Å². The lowest BCUT2D eigenvalue weighted by molar-refractivity contribution is -0.135. The molecule has 0 atom stereocenters. The molecular formula is C13H15BrF3NO2. The summed E-state index contributed by atoms with van der Waals surface area (Å²) < 4.78 is 41.4. The zero-order valence-electron chi connectivity index (χ0n) is 10.9. The zero-order valence-corrected chi connectivity index (χ0v) is 12.5. The number of carbonyl (C=O) groups is 1. The molecule has 0 aliphatic carbocycles. The Morgan fingerprint density at radius 1 is 1.35 bits per heavy atom. The molecule has 0 fully saturated rings. The summed E-state index contributed by atoms with van der Waals surface area (Å²) >= 11 is 3.24. The van der Waals surface area contributed by atoms with E-state index in [9.17, 15) is 18.0 Å². The molecule has 20 heavy (non-hydrogen) atoms. The minimum atomic E-state index is -4.14. The van der Waals surface area contributed by atoms with Gasteiger partial charge >= 0.3 is 6.18 Å². The number of unbranched alkanes of at least 4 members (excludes halogenated alkanes) is 1. The van der Waals surface area contributed by atoms with Gasteiger partial charge in [0.2, 0.25) is 0 Å². The highest BCUT2D eigenvalue weighted by molar-refractivity contribution is 9.10. The molecule has 1 N–H and O–H groups in total. The molecular weight excluding hydrogens is 339 g/mol. The third-order valence-corrected chi connectivity index (χ3v) is 3.28. The molecule has 0 radical (unpaired) electrons. The fourth-order valence-electron chi connectivity index (χ4n) is 1.55. The molecule has 0 unspecified atom stereocenters. The van der Waals surface area contributed by atoms with Gasteiger partial charge in [0.1, 0.15) is 5.75 Å². The Morgan fingerprint density at radius 3 is 2.65 bits per heavy atom. The SMILES string of the molecule is COc1ccc(Br)c(C(=O)NCCCCC(F)(F)F)c1. The van der Waals surface area contributed by atoms with Crippen molar-refractivity contribution < 1.29 is 22.7 Å². The Balaban J connectivity index is 2.43. The predicted octanol–water partition coefficient (Wildman–Crippen LogP) is 3.92. The molecule has 0 aromatic heterocycles. The number of nitrogens with one attached hydrogen (secondary N) is 1. The highest BCUT2D eigenvalue weighted by Crippen LogP contribution is 2.23. The topological polar surface area (TPSA) is 38.3 Å². The number of halogens is 4. The van der Waals surface area contributed by atoms with Crippen LogP contribution < -0.4 is 10.1 Å². The number of hydrogen-bond donors (Lipinski definition) is 1. The van der Waals surface area contributed by atoms with Crippen molar-refractivity contribution in [1.29, 1.82) is 0 Å². The third-order valence-electron chi connectivity index (χ3n) is 2.59. The van der Waals surface area contributed by atoms with Crippen molar-refractivity contribution in [2.75, 3.05) is 13.7 Å². The first-order valence-electron chi connectivity index (χ1n) is 6.02. The molecule has 0 aliphatic heterocycles. The maximum Gasteiger partial charge on any atom is 0.389 e. The van der Waals surface area contributed by atoms with Crippen molar-refractivity contribution in [1.82, 2.24) is 5.32 Å². The summed E-state index contributed by atoms with van der Waals surface area (Å²) in [5, 5.41) is 2.59. The molecule has 1 aromatic carbocycles. The van der Waals surface area contributed by atoms with E-state index < -0.39 is 12.6 Å². The van der Waals surface area contributed by atoms with E-state index in [4.69, 9.17) is 4.74 Å². The molecule has 0 spiro atoms. The van der Waals surface area contributed by atoms with Crippen LogP contribution in [0.25, 0.3) is 0 Å². The molecule has 0 bridgehead atoms. The zero-order chi connectivity index (χ0) is 15.2. The van der Waals surface area contributed by atoms with Crippen LogP contribution in [-0.2, 0) is 0 Å². The van der Waals surface area contributed by atoms with Gasteiger partial charge in [0, 0.05) is 17.4 Å². The summed E-state index contributed by atoms with van der Waals surface area (Å²) in [6, 6.07) is 4.94. The summed E-state index contributed by atoms with van der Waals surface area (Å²) in [7, 11) is 1.49. The molecule has 1 amide bonds. The standard InChI is InChI=1S/C13H15BrF3NO2/c1-20-9-4-5-11(14)10(8-9)12(19)18-7-3-2-6-13(15,16)17/h4-5,8H,2-3,6-7H2,1H3,(H,18,19). The molecule has 0 aliphatic rings. The third kappa shape index (κ3) is 5.81. The van der Waals surface area contributed by atoms with Crippen LogP contribution in [-0.4, -0.2) is 25.7 Å². The van der Waals surface area contributed by atoms with Crippen LogP contribution in [0, 0.1) is 0 Å².